The lowest BCUT2D eigenvalue weighted by atomic mass is 10.3. The van der Waals surface area contributed by atoms with Gasteiger partial charge in [0.05, 0.1) is 30.3 Å². The maximum absolute atomic E-state index is 13.1. The zero-order chi connectivity index (χ0) is 24.2. The van der Waals surface area contributed by atoms with Crippen LogP contribution < -0.4 is 14.4 Å². The van der Waals surface area contributed by atoms with Gasteiger partial charge in [-0.25, -0.2) is 18.4 Å². The number of ether oxygens (including phenoxy) is 2. The molecule has 33 heavy (non-hydrogen) atoms. The van der Waals surface area contributed by atoms with Crippen LogP contribution in [-0.2, 0) is 10.0 Å². The average molecular weight is 498 g/mol. The Hall–Kier alpha value is -2.63. The maximum atomic E-state index is 13.1. The largest absolute Gasteiger partial charge is 0.493 e. The molecule has 0 atom stereocenters. The summed E-state index contributed by atoms with van der Waals surface area (Å²) in [4.78, 5) is 25.3. The first kappa shape index (κ1) is 25.0. The molecule has 0 radical (unpaired) electrons. The van der Waals surface area contributed by atoms with E-state index in [-0.39, 0.29) is 47.7 Å². The van der Waals surface area contributed by atoms with Crippen molar-refractivity contribution in [1.82, 2.24) is 19.2 Å². The molecule has 10 nitrogen and oxygen atoms in total. The highest BCUT2D eigenvalue weighted by Crippen LogP contribution is 2.31. The Bertz CT molecular complexity index is 1100. The molecule has 2 heterocycles. The molecule has 1 aliphatic heterocycles. The third-order valence-corrected chi connectivity index (χ3v) is 7.67. The first-order valence-electron chi connectivity index (χ1n) is 10.6. The lowest BCUT2D eigenvalue weighted by molar-refractivity contribution is 0.0692. The van der Waals surface area contributed by atoms with E-state index in [1.54, 1.807) is 11.0 Å². The van der Waals surface area contributed by atoms with E-state index in [2.05, 4.69) is 9.97 Å². The normalized spacial score (nSPS) is 14.8. The predicted octanol–water partition coefficient (Wildman–Crippen LogP) is 2.14. The van der Waals surface area contributed by atoms with E-state index >= 15 is 0 Å². The first-order valence-corrected chi connectivity index (χ1v) is 12.4. The summed E-state index contributed by atoms with van der Waals surface area (Å²) in [5.74, 6) is 0.855. The van der Waals surface area contributed by atoms with E-state index in [1.807, 2.05) is 18.7 Å². The van der Waals surface area contributed by atoms with Crippen LogP contribution in [0.15, 0.2) is 29.3 Å². The fraction of sp³-hybridized carbons (Fsp3) is 0.476. The number of sulfonamides is 1. The summed E-state index contributed by atoms with van der Waals surface area (Å²) in [6.07, 6.45) is 1.42. The zero-order valence-corrected chi connectivity index (χ0v) is 20.7. The summed E-state index contributed by atoms with van der Waals surface area (Å²) in [7, 11) is -0.835. The maximum Gasteiger partial charge on any atom is 0.274 e. The van der Waals surface area contributed by atoms with Gasteiger partial charge in [0.15, 0.2) is 17.2 Å². The number of rotatable bonds is 8. The van der Waals surface area contributed by atoms with E-state index in [0.717, 1.165) is 0 Å². The lowest BCUT2D eigenvalue weighted by Gasteiger charge is -2.34. The van der Waals surface area contributed by atoms with Gasteiger partial charge in [-0.1, -0.05) is 11.6 Å². The van der Waals surface area contributed by atoms with Crippen LogP contribution in [0, 0.1) is 0 Å². The van der Waals surface area contributed by atoms with E-state index in [9.17, 15) is 13.2 Å². The molecule has 1 aromatic carbocycles. The van der Waals surface area contributed by atoms with Crippen LogP contribution in [0.25, 0.3) is 0 Å². The van der Waals surface area contributed by atoms with Crippen molar-refractivity contribution in [3.63, 3.8) is 0 Å². The van der Waals surface area contributed by atoms with Gasteiger partial charge < -0.3 is 19.3 Å². The van der Waals surface area contributed by atoms with Crippen molar-refractivity contribution in [2.24, 2.45) is 0 Å². The highest BCUT2D eigenvalue weighted by molar-refractivity contribution is 7.89. The number of nitrogens with zero attached hydrogens (tertiary/aromatic N) is 5. The van der Waals surface area contributed by atoms with Crippen LogP contribution in [0.1, 0.15) is 24.3 Å². The van der Waals surface area contributed by atoms with Crippen molar-refractivity contribution < 1.29 is 22.7 Å². The molecule has 180 valence electrons. The van der Waals surface area contributed by atoms with Gasteiger partial charge in [-0.3, -0.25) is 4.79 Å². The highest BCUT2D eigenvalue weighted by Gasteiger charge is 2.32. The second-order valence-electron chi connectivity index (χ2n) is 7.25. The van der Waals surface area contributed by atoms with Gasteiger partial charge in [0.25, 0.3) is 5.91 Å². The van der Waals surface area contributed by atoms with Gasteiger partial charge in [-0.15, -0.1) is 0 Å². The van der Waals surface area contributed by atoms with Crippen LogP contribution >= 0.6 is 11.6 Å². The number of carbonyl (C=O) groups excluding carboxylic acids is 1. The van der Waals surface area contributed by atoms with E-state index in [1.165, 1.54) is 36.9 Å². The molecule has 0 aliphatic carbocycles. The molecule has 1 aromatic heterocycles. The molecule has 1 saturated heterocycles. The lowest BCUT2D eigenvalue weighted by Crippen LogP contribution is -2.50. The average Bonchev–Trinajstić information content (AvgIpc) is 2.84. The van der Waals surface area contributed by atoms with Gasteiger partial charge in [-0.2, -0.15) is 4.31 Å². The number of hydrogen-bond donors (Lipinski definition) is 0. The smallest absolute Gasteiger partial charge is 0.274 e. The highest BCUT2D eigenvalue weighted by atomic mass is 35.5. The number of piperazine rings is 1. The van der Waals surface area contributed by atoms with Crippen LogP contribution in [0.2, 0.25) is 5.02 Å². The van der Waals surface area contributed by atoms with Gasteiger partial charge in [0, 0.05) is 45.3 Å². The Morgan fingerprint density at radius 2 is 1.73 bits per heavy atom. The minimum absolute atomic E-state index is 0.0997. The van der Waals surface area contributed by atoms with Gasteiger partial charge in [0.2, 0.25) is 16.0 Å². The van der Waals surface area contributed by atoms with Gasteiger partial charge in [-0.05, 0) is 26.0 Å². The second-order valence-corrected chi connectivity index (χ2v) is 9.60. The molecule has 3 rings (SSSR count). The summed E-state index contributed by atoms with van der Waals surface area (Å²) in [5, 5.41) is 0.163. The van der Waals surface area contributed by atoms with Crippen LogP contribution in [0.3, 0.4) is 0 Å². The van der Waals surface area contributed by atoms with E-state index < -0.39 is 10.0 Å². The molecule has 2 aromatic rings. The topological polar surface area (TPSA) is 105 Å². The number of halogens is 1. The number of amides is 1. The summed E-state index contributed by atoms with van der Waals surface area (Å²) < 4.78 is 38.0. The minimum atomic E-state index is -3.76. The van der Waals surface area contributed by atoms with Gasteiger partial charge in [0.1, 0.15) is 0 Å². The predicted molar refractivity (Wildman–Crippen MR) is 125 cm³/mol. The Kier molecular flexibility index (Phi) is 7.98. The Morgan fingerprint density at radius 1 is 1.09 bits per heavy atom. The van der Waals surface area contributed by atoms with Crippen molar-refractivity contribution >= 4 is 33.5 Å². The summed E-state index contributed by atoms with van der Waals surface area (Å²) in [5.41, 5.74) is 0.116. The van der Waals surface area contributed by atoms with Gasteiger partial charge >= 0.3 is 0 Å². The Morgan fingerprint density at radius 3 is 2.30 bits per heavy atom. The zero-order valence-electron chi connectivity index (χ0n) is 19.1. The third-order valence-electron chi connectivity index (χ3n) is 5.50. The van der Waals surface area contributed by atoms with Crippen LogP contribution in [-0.4, -0.2) is 87.0 Å². The Labute approximate surface area is 199 Å². The second kappa shape index (κ2) is 10.5. The van der Waals surface area contributed by atoms with Crippen LogP contribution in [0.4, 0.5) is 5.95 Å². The monoisotopic (exact) mass is 497 g/mol. The summed E-state index contributed by atoms with van der Waals surface area (Å²) in [6, 6.07) is 4.46. The molecule has 12 heteroatoms. The number of anilines is 1. The standard InChI is InChI=1S/C21H28ClN5O5S/c1-5-25(6-2)21-23-14-16(22)19(24-21)20(28)26-9-11-27(12-10-26)33(29,30)15-7-8-17(31-3)18(13-15)32-4/h7-8,13-14H,5-6,9-12H2,1-4H3. The molecule has 0 unspecified atom stereocenters. The SMILES string of the molecule is CCN(CC)c1ncc(Cl)c(C(=O)N2CCN(S(=O)(=O)c3ccc(OC)c(OC)c3)CC2)n1. The molecule has 1 amide bonds. The van der Waals surface area contributed by atoms with E-state index in [0.29, 0.717) is 30.5 Å². The number of carbonyl (C=O) groups is 1. The van der Waals surface area contributed by atoms with E-state index in [4.69, 9.17) is 21.1 Å². The number of hydrogen-bond acceptors (Lipinski definition) is 8. The number of benzene rings is 1. The van der Waals surface area contributed by atoms with Crippen molar-refractivity contribution in [1.29, 1.82) is 0 Å². The van der Waals surface area contributed by atoms with Crippen molar-refractivity contribution in [2.75, 3.05) is 58.4 Å². The molecule has 0 N–H and O–H groups in total. The summed E-state index contributed by atoms with van der Waals surface area (Å²) >= 11 is 6.22. The van der Waals surface area contributed by atoms with Crippen LogP contribution in [0.5, 0.6) is 11.5 Å². The number of methoxy groups -OCH3 is 2. The number of aromatic nitrogens is 2. The molecule has 0 bridgehead atoms. The molecule has 0 spiro atoms. The third kappa shape index (κ3) is 5.15. The first-order chi connectivity index (χ1) is 15.8. The molecule has 1 fully saturated rings. The summed E-state index contributed by atoms with van der Waals surface area (Å²) in [6.45, 7) is 6.06. The fourth-order valence-electron chi connectivity index (χ4n) is 3.57. The molecule has 1 aliphatic rings. The van der Waals surface area contributed by atoms with Crippen molar-refractivity contribution in [3.05, 3.63) is 35.1 Å². The molecule has 0 saturated carbocycles. The molecular formula is C21H28ClN5O5S. The molecular weight excluding hydrogens is 470 g/mol. The minimum Gasteiger partial charge on any atom is -0.493 e. The van der Waals surface area contributed by atoms with Crippen molar-refractivity contribution in [2.45, 2.75) is 18.7 Å². The fourth-order valence-corrected chi connectivity index (χ4v) is 5.18. The van der Waals surface area contributed by atoms with Crippen molar-refractivity contribution in [3.8, 4) is 11.5 Å². The quantitative estimate of drug-likeness (QED) is 0.546. The Balaban J connectivity index is 1.74.